The summed E-state index contributed by atoms with van der Waals surface area (Å²) in [7, 11) is 0. The van der Waals surface area contributed by atoms with Gasteiger partial charge in [-0.2, -0.15) is 0 Å². The second kappa shape index (κ2) is 4.93. The Balaban J connectivity index is 1.91. The van der Waals surface area contributed by atoms with Crippen molar-refractivity contribution in [2.75, 3.05) is 0 Å². The van der Waals surface area contributed by atoms with Gasteiger partial charge in [-0.15, -0.1) is 10.2 Å². The highest BCUT2D eigenvalue weighted by molar-refractivity contribution is 4.90. The molecule has 2 unspecified atom stereocenters. The van der Waals surface area contributed by atoms with Gasteiger partial charge >= 0.3 is 0 Å². The molecule has 0 aliphatic carbocycles. The van der Waals surface area contributed by atoms with Gasteiger partial charge in [-0.3, -0.25) is 0 Å². The maximum atomic E-state index is 5.67. The van der Waals surface area contributed by atoms with Crippen molar-refractivity contribution >= 4 is 0 Å². The molecule has 0 aromatic carbocycles. The van der Waals surface area contributed by atoms with E-state index in [4.69, 9.17) is 9.15 Å². The van der Waals surface area contributed by atoms with Crippen molar-refractivity contribution in [1.82, 2.24) is 15.5 Å². The first-order chi connectivity index (χ1) is 7.65. The molecule has 1 fully saturated rings. The van der Waals surface area contributed by atoms with E-state index in [2.05, 4.69) is 36.3 Å². The van der Waals surface area contributed by atoms with Crippen LogP contribution in [-0.2, 0) is 11.3 Å². The third-order valence-corrected chi connectivity index (χ3v) is 2.65. The highest BCUT2D eigenvalue weighted by atomic mass is 16.5. The zero-order chi connectivity index (χ0) is 11.5. The molecule has 0 spiro atoms. The minimum atomic E-state index is -0.00435. The van der Waals surface area contributed by atoms with E-state index in [0.717, 1.165) is 12.8 Å². The average Bonchev–Trinajstić information content (AvgIpc) is 2.83. The molecule has 2 atom stereocenters. The van der Waals surface area contributed by atoms with Crippen LogP contribution < -0.4 is 5.32 Å². The highest BCUT2D eigenvalue weighted by Gasteiger charge is 2.27. The third-order valence-electron chi connectivity index (χ3n) is 2.65. The van der Waals surface area contributed by atoms with Crippen LogP contribution in [0.2, 0.25) is 0 Å². The van der Waals surface area contributed by atoms with Gasteiger partial charge in [0, 0.05) is 6.04 Å². The van der Waals surface area contributed by atoms with E-state index in [1.54, 1.807) is 0 Å². The number of ether oxygens (including phenoxy) is 1. The lowest BCUT2D eigenvalue weighted by Crippen LogP contribution is -2.21. The molecule has 5 nitrogen and oxygen atoms in total. The van der Waals surface area contributed by atoms with E-state index < -0.39 is 0 Å². The number of hydrogen-bond acceptors (Lipinski definition) is 5. The maximum Gasteiger partial charge on any atom is 0.245 e. The summed E-state index contributed by atoms with van der Waals surface area (Å²) in [5.41, 5.74) is 0. The van der Waals surface area contributed by atoms with Gasteiger partial charge < -0.3 is 14.5 Å². The molecule has 1 aromatic rings. The van der Waals surface area contributed by atoms with Crippen LogP contribution >= 0.6 is 0 Å². The van der Waals surface area contributed by atoms with Crippen molar-refractivity contribution < 1.29 is 9.15 Å². The lowest BCUT2D eigenvalue weighted by molar-refractivity contribution is 0.0383. The van der Waals surface area contributed by atoms with Crippen molar-refractivity contribution in [1.29, 1.82) is 0 Å². The Hall–Kier alpha value is -0.940. The standard InChI is InChI=1S/C11H19N3O2/c1-7(2)12-6-10-13-14-11(16-10)9-5-4-8(3)15-9/h7-9,12H,4-6H2,1-3H3. The SMILES string of the molecule is CC(C)NCc1nnc(C2CCC(C)O2)o1. The molecule has 90 valence electrons. The van der Waals surface area contributed by atoms with Crippen LogP contribution in [-0.4, -0.2) is 22.3 Å². The Morgan fingerprint density at radius 1 is 1.38 bits per heavy atom. The average molecular weight is 225 g/mol. The van der Waals surface area contributed by atoms with Crippen molar-refractivity contribution in [3.63, 3.8) is 0 Å². The molecule has 2 rings (SSSR count). The van der Waals surface area contributed by atoms with Gasteiger partial charge in [0.25, 0.3) is 0 Å². The molecule has 0 saturated carbocycles. The lowest BCUT2D eigenvalue weighted by Gasteiger charge is -2.06. The first kappa shape index (κ1) is 11.5. The second-order valence-corrected chi connectivity index (χ2v) is 4.58. The summed E-state index contributed by atoms with van der Waals surface area (Å²) < 4.78 is 11.2. The second-order valence-electron chi connectivity index (χ2n) is 4.58. The van der Waals surface area contributed by atoms with Gasteiger partial charge in [0.15, 0.2) is 0 Å². The van der Waals surface area contributed by atoms with Gasteiger partial charge in [0.2, 0.25) is 11.8 Å². The zero-order valence-corrected chi connectivity index (χ0v) is 10.1. The molecule has 0 amide bonds. The number of hydrogen-bond donors (Lipinski definition) is 1. The van der Waals surface area contributed by atoms with Crippen molar-refractivity contribution in [2.24, 2.45) is 0 Å². The van der Waals surface area contributed by atoms with Crippen molar-refractivity contribution in [3.05, 3.63) is 11.8 Å². The van der Waals surface area contributed by atoms with E-state index in [-0.39, 0.29) is 6.10 Å². The third kappa shape index (κ3) is 2.80. The maximum absolute atomic E-state index is 5.67. The Bertz CT molecular complexity index is 338. The summed E-state index contributed by atoms with van der Waals surface area (Å²) in [4.78, 5) is 0. The summed E-state index contributed by atoms with van der Waals surface area (Å²) in [6, 6.07) is 0.415. The molecule has 16 heavy (non-hydrogen) atoms. The fraction of sp³-hybridized carbons (Fsp3) is 0.818. The Labute approximate surface area is 95.6 Å². The Morgan fingerprint density at radius 2 is 2.19 bits per heavy atom. The molecule has 2 heterocycles. The molecule has 5 heteroatoms. The summed E-state index contributed by atoms with van der Waals surface area (Å²) in [5, 5.41) is 11.3. The number of rotatable bonds is 4. The largest absolute Gasteiger partial charge is 0.421 e. The van der Waals surface area contributed by atoms with E-state index in [0.29, 0.717) is 30.5 Å². The van der Waals surface area contributed by atoms with E-state index in [9.17, 15) is 0 Å². The van der Waals surface area contributed by atoms with Crippen molar-refractivity contribution in [3.8, 4) is 0 Å². The molecule has 1 aliphatic rings. The van der Waals surface area contributed by atoms with Crippen LogP contribution in [0.15, 0.2) is 4.42 Å². The van der Waals surface area contributed by atoms with E-state index >= 15 is 0 Å². The molecule has 0 radical (unpaired) electrons. The Morgan fingerprint density at radius 3 is 2.81 bits per heavy atom. The molecular formula is C11H19N3O2. The monoisotopic (exact) mass is 225 g/mol. The molecule has 1 N–H and O–H groups in total. The van der Waals surface area contributed by atoms with Crippen LogP contribution in [0.4, 0.5) is 0 Å². The van der Waals surface area contributed by atoms with Gasteiger partial charge in [-0.1, -0.05) is 13.8 Å². The summed E-state index contributed by atoms with van der Waals surface area (Å²) in [6.07, 6.45) is 2.33. The number of nitrogens with zero attached hydrogens (tertiary/aromatic N) is 2. The predicted molar refractivity (Wildman–Crippen MR) is 58.8 cm³/mol. The summed E-state index contributed by atoms with van der Waals surface area (Å²) in [5.74, 6) is 1.25. The first-order valence-electron chi connectivity index (χ1n) is 5.86. The molecule has 0 bridgehead atoms. The summed E-state index contributed by atoms with van der Waals surface area (Å²) >= 11 is 0. The van der Waals surface area contributed by atoms with Gasteiger partial charge in [-0.25, -0.2) is 0 Å². The number of nitrogens with one attached hydrogen (secondary N) is 1. The van der Waals surface area contributed by atoms with Gasteiger partial charge in [0.1, 0.15) is 6.10 Å². The summed E-state index contributed by atoms with van der Waals surface area (Å²) in [6.45, 7) is 6.85. The van der Waals surface area contributed by atoms with Crippen LogP contribution in [0.25, 0.3) is 0 Å². The minimum Gasteiger partial charge on any atom is -0.421 e. The topological polar surface area (TPSA) is 60.2 Å². The van der Waals surface area contributed by atoms with Gasteiger partial charge in [-0.05, 0) is 19.8 Å². The predicted octanol–water partition coefficient (Wildman–Crippen LogP) is 1.81. The smallest absolute Gasteiger partial charge is 0.245 e. The van der Waals surface area contributed by atoms with E-state index in [1.807, 2.05) is 0 Å². The lowest BCUT2D eigenvalue weighted by atomic mass is 10.2. The van der Waals surface area contributed by atoms with Crippen molar-refractivity contribution in [2.45, 2.75) is 58.4 Å². The number of aromatic nitrogens is 2. The zero-order valence-electron chi connectivity index (χ0n) is 10.1. The molecule has 1 aliphatic heterocycles. The minimum absolute atomic E-state index is 0.00435. The van der Waals surface area contributed by atoms with Crippen LogP contribution in [0.5, 0.6) is 0 Å². The molecule has 1 aromatic heterocycles. The first-order valence-corrected chi connectivity index (χ1v) is 5.86. The Kier molecular flexibility index (Phi) is 3.56. The van der Waals surface area contributed by atoms with Gasteiger partial charge in [0.05, 0.1) is 12.6 Å². The molecule has 1 saturated heterocycles. The molecular weight excluding hydrogens is 206 g/mol. The quantitative estimate of drug-likeness (QED) is 0.846. The fourth-order valence-corrected chi connectivity index (χ4v) is 1.74. The van der Waals surface area contributed by atoms with E-state index in [1.165, 1.54) is 0 Å². The van der Waals surface area contributed by atoms with Crippen LogP contribution in [0, 0.1) is 0 Å². The normalized spacial score (nSPS) is 25.5. The van der Waals surface area contributed by atoms with Crippen LogP contribution in [0.3, 0.4) is 0 Å². The van der Waals surface area contributed by atoms with Crippen LogP contribution in [0.1, 0.15) is 51.5 Å². The highest BCUT2D eigenvalue weighted by Crippen LogP contribution is 2.31. The fourth-order valence-electron chi connectivity index (χ4n) is 1.74.